The number of nitrogens with one attached hydrogen (secondary N) is 1. The molecule has 2 aromatic carbocycles. The second-order valence-corrected chi connectivity index (χ2v) is 7.73. The van der Waals surface area contributed by atoms with Gasteiger partial charge in [-0.25, -0.2) is 4.98 Å². The van der Waals surface area contributed by atoms with E-state index in [1.807, 2.05) is 49.6 Å². The molecule has 1 amide bonds. The molecule has 4 rings (SSSR count). The Bertz CT molecular complexity index is 1280. The topological polar surface area (TPSA) is 72.2 Å². The van der Waals surface area contributed by atoms with E-state index in [1.165, 1.54) is 18.4 Å². The van der Waals surface area contributed by atoms with Gasteiger partial charge in [0.2, 0.25) is 5.91 Å². The molecule has 0 unspecified atom stereocenters. The number of carbonyl (C=O) groups excluding carboxylic acids is 1. The zero-order valence-electron chi connectivity index (χ0n) is 15.9. The van der Waals surface area contributed by atoms with Gasteiger partial charge >= 0.3 is 0 Å². The molecule has 0 atom stereocenters. The normalized spacial score (nSPS) is 11.2. The second-order valence-electron chi connectivity index (χ2n) is 6.67. The minimum absolute atomic E-state index is 0.165. The Kier molecular flexibility index (Phi) is 5.10. The van der Waals surface area contributed by atoms with Crippen molar-refractivity contribution >= 4 is 40.0 Å². The number of thiazole rings is 1. The summed E-state index contributed by atoms with van der Waals surface area (Å²) in [6.07, 6.45) is 4.16. The van der Waals surface area contributed by atoms with E-state index in [0.29, 0.717) is 22.2 Å². The fraction of sp³-hybridized carbons (Fsp3) is 0.0870. The highest BCUT2D eigenvalue weighted by Gasteiger charge is 2.06. The van der Waals surface area contributed by atoms with Crippen molar-refractivity contribution in [2.45, 2.75) is 13.8 Å². The van der Waals surface area contributed by atoms with Crippen LogP contribution >= 0.6 is 11.3 Å². The summed E-state index contributed by atoms with van der Waals surface area (Å²) < 4.78 is 5.50. The van der Waals surface area contributed by atoms with Gasteiger partial charge in [0.25, 0.3) is 0 Å². The lowest BCUT2D eigenvalue weighted by Crippen LogP contribution is -2.09. The number of anilines is 1. The molecule has 0 spiro atoms. The van der Waals surface area contributed by atoms with E-state index in [1.54, 1.807) is 23.5 Å². The predicted octanol–water partition coefficient (Wildman–Crippen LogP) is 5.19. The number of hydrogen-bond acceptors (Lipinski definition) is 5. The maximum absolute atomic E-state index is 12.6. The fourth-order valence-corrected chi connectivity index (χ4v) is 3.57. The minimum Gasteiger partial charge on any atom is -0.463 e. The number of hydrogen-bond donors (Lipinski definition) is 1. The molecule has 6 heteroatoms. The number of aryl methyl sites for hydroxylation is 2. The standard InChI is InChI=1S/C23H18N2O3S/c1-14-3-9-21-19(11-14)23(27)17(12-28-21)6-10-22(26)25-18-7-4-16(5-8-18)20-13-29-15(2)24-20/h3-13H,1-2H3,(H,25,26)/b10-6+. The zero-order valence-corrected chi connectivity index (χ0v) is 16.7. The molecule has 0 saturated heterocycles. The largest absolute Gasteiger partial charge is 0.463 e. The van der Waals surface area contributed by atoms with Crippen molar-refractivity contribution in [3.8, 4) is 11.3 Å². The van der Waals surface area contributed by atoms with Crippen LogP contribution in [0, 0.1) is 13.8 Å². The van der Waals surface area contributed by atoms with Gasteiger partial charge in [-0.2, -0.15) is 0 Å². The van der Waals surface area contributed by atoms with Crippen LogP contribution in [-0.4, -0.2) is 10.9 Å². The van der Waals surface area contributed by atoms with Crippen LogP contribution in [0.1, 0.15) is 16.1 Å². The Labute approximate surface area is 171 Å². The Hall–Kier alpha value is -3.51. The first-order chi connectivity index (χ1) is 14.0. The van der Waals surface area contributed by atoms with Crippen molar-refractivity contribution in [3.05, 3.63) is 86.5 Å². The molecule has 2 aromatic heterocycles. The highest BCUT2D eigenvalue weighted by Crippen LogP contribution is 2.23. The van der Waals surface area contributed by atoms with E-state index < -0.39 is 0 Å². The van der Waals surface area contributed by atoms with Crippen molar-refractivity contribution in [1.82, 2.24) is 4.98 Å². The quantitative estimate of drug-likeness (QED) is 0.477. The first-order valence-corrected chi connectivity index (χ1v) is 9.91. The molecule has 0 aliphatic carbocycles. The monoisotopic (exact) mass is 402 g/mol. The summed E-state index contributed by atoms with van der Waals surface area (Å²) in [5.41, 5.74) is 4.24. The lowest BCUT2D eigenvalue weighted by atomic mass is 10.1. The molecule has 0 radical (unpaired) electrons. The zero-order chi connectivity index (χ0) is 20.4. The highest BCUT2D eigenvalue weighted by molar-refractivity contribution is 7.09. The van der Waals surface area contributed by atoms with E-state index in [9.17, 15) is 9.59 Å². The summed E-state index contributed by atoms with van der Waals surface area (Å²) in [6.45, 7) is 3.88. The summed E-state index contributed by atoms with van der Waals surface area (Å²) in [6, 6.07) is 12.9. The molecule has 144 valence electrons. The molecule has 2 heterocycles. The summed E-state index contributed by atoms with van der Waals surface area (Å²) in [5.74, 6) is -0.328. The number of benzene rings is 2. The number of amides is 1. The van der Waals surface area contributed by atoms with Crippen LogP contribution in [0.2, 0.25) is 0 Å². The van der Waals surface area contributed by atoms with Crippen molar-refractivity contribution in [2.24, 2.45) is 0 Å². The van der Waals surface area contributed by atoms with Gasteiger partial charge in [0.15, 0.2) is 5.43 Å². The van der Waals surface area contributed by atoms with Crippen LogP contribution in [0.3, 0.4) is 0 Å². The molecule has 0 saturated carbocycles. The van der Waals surface area contributed by atoms with Gasteiger partial charge in [0.1, 0.15) is 11.8 Å². The maximum atomic E-state index is 12.6. The molecule has 0 bridgehead atoms. The lowest BCUT2D eigenvalue weighted by Gasteiger charge is -2.03. The summed E-state index contributed by atoms with van der Waals surface area (Å²) in [5, 5.41) is 6.30. The van der Waals surface area contributed by atoms with E-state index in [0.717, 1.165) is 21.8 Å². The first-order valence-electron chi connectivity index (χ1n) is 9.03. The Morgan fingerprint density at radius 3 is 2.66 bits per heavy atom. The molecule has 0 aliphatic heterocycles. The molecule has 1 N–H and O–H groups in total. The predicted molar refractivity (Wildman–Crippen MR) is 117 cm³/mol. The summed E-state index contributed by atoms with van der Waals surface area (Å²) >= 11 is 1.60. The first kappa shape index (κ1) is 18.8. The number of fused-ring (bicyclic) bond motifs is 1. The number of aromatic nitrogens is 1. The number of rotatable bonds is 4. The number of nitrogens with zero attached hydrogens (tertiary/aromatic N) is 1. The number of carbonyl (C=O) groups is 1. The molecule has 29 heavy (non-hydrogen) atoms. The van der Waals surface area contributed by atoms with Crippen LogP contribution in [-0.2, 0) is 4.79 Å². The Morgan fingerprint density at radius 2 is 1.93 bits per heavy atom. The van der Waals surface area contributed by atoms with Crippen LogP contribution in [0.15, 0.2) is 69.4 Å². The SMILES string of the molecule is Cc1ccc2occ(/C=C/C(=O)Nc3ccc(-c4csc(C)n4)cc3)c(=O)c2c1. The lowest BCUT2D eigenvalue weighted by molar-refractivity contribution is -0.111. The molecule has 0 aliphatic rings. The van der Waals surface area contributed by atoms with E-state index in [-0.39, 0.29) is 11.3 Å². The van der Waals surface area contributed by atoms with Crippen LogP contribution in [0.25, 0.3) is 28.3 Å². The third kappa shape index (κ3) is 4.17. The van der Waals surface area contributed by atoms with Crippen molar-refractivity contribution in [1.29, 1.82) is 0 Å². The minimum atomic E-state index is -0.328. The van der Waals surface area contributed by atoms with Gasteiger partial charge in [0, 0.05) is 22.7 Å². The van der Waals surface area contributed by atoms with Gasteiger partial charge in [-0.3, -0.25) is 9.59 Å². The molecule has 0 fully saturated rings. The van der Waals surface area contributed by atoms with Gasteiger partial charge in [-0.05, 0) is 44.2 Å². The van der Waals surface area contributed by atoms with Crippen molar-refractivity contribution in [3.63, 3.8) is 0 Å². The smallest absolute Gasteiger partial charge is 0.248 e. The van der Waals surface area contributed by atoms with Crippen LogP contribution in [0.4, 0.5) is 5.69 Å². The molecule has 4 aromatic rings. The van der Waals surface area contributed by atoms with Gasteiger partial charge in [-0.1, -0.05) is 23.8 Å². The molecular weight excluding hydrogens is 384 g/mol. The summed E-state index contributed by atoms with van der Waals surface area (Å²) in [4.78, 5) is 29.3. The van der Waals surface area contributed by atoms with Gasteiger partial charge < -0.3 is 9.73 Å². The third-order valence-electron chi connectivity index (χ3n) is 4.44. The summed E-state index contributed by atoms with van der Waals surface area (Å²) in [7, 11) is 0. The average Bonchev–Trinajstić information content (AvgIpc) is 3.15. The van der Waals surface area contributed by atoms with E-state index >= 15 is 0 Å². The maximum Gasteiger partial charge on any atom is 0.248 e. The van der Waals surface area contributed by atoms with Crippen LogP contribution in [0.5, 0.6) is 0 Å². The van der Waals surface area contributed by atoms with Crippen molar-refractivity contribution < 1.29 is 9.21 Å². The van der Waals surface area contributed by atoms with Crippen LogP contribution < -0.4 is 10.7 Å². The average molecular weight is 402 g/mol. The molecule has 5 nitrogen and oxygen atoms in total. The Morgan fingerprint density at radius 1 is 1.14 bits per heavy atom. The van der Waals surface area contributed by atoms with Gasteiger partial charge in [0.05, 0.1) is 21.7 Å². The Balaban J connectivity index is 1.48. The molecular formula is C23H18N2O3S. The van der Waals surface area contributed by atoms with Gasteiger partial charge in [-0.15, -0.1) is 11.3 Å². The van der Waals surface area contributed by atoms with E-state index in [4.69, 9.17) is 4.42 Å². The fourth-order valence-electron chi connectivity index (χ4n) is 2.94. The third-order valence-corrected chi connectivity index (χ3v) is 5.21. The van der Waals surface area contributed by atoms with E-state index in [2.05, 4.69) is 10.3 Å². The van der Waals surface area contributed by atoms with Crippen molar-refractivity contribution in [2.75, 3.05) is 5.32 Å². The second kappa shape index (κ2) is 7.85. The highest BCUT2D eigenvalue weighted by atomic mass is 32.1.